The minimum absolute atomic E-state index is 0.00598. The summed E-state index contributed by atoms with van der Waals surface area (Å²) in [5.74, 6) is 0.417. The molecule has 0 aliphatic heterocycles. The molecule has 4 nitrogen and oxygen atoms in total. The van der Waals surface area contributed by atoms with Crippen molar-refractivity contribution in [1.29, 1.82) is 0 Å². The van der Waals surface area contributed by atoms with Crippen LogP contribution < -0.4 is 10.5 Å². The lowest BCUT2D eigenvalue weighted by molar-refractivity contribution is 0.252. The number of hydrogen-bond acceptors (Lipinski definition) is 3. The van der Waals surface area contributed by atoms with E-state index in [1.54, 1.807) is 0 Å². The molecule has 0 aliphatic rings. The lowest BCUT2D eigenvalue weighted by atomic mass is 9.81. The summed E-state index contributed by atoms with van der Waals surface area (Å²) in [5, 5.41) is 0. The summed E-state index contributed by atoms with van der Waals surface area (Å²) in [6.45, 7) is 9.24. The molecule has 1 rings (SSSR count). The molecule has 3 N–H and O–H groups in total. The zero-order valence-electron chi connectivity index (χ0n) is 12.8. The topological polar surface area (TPSA) is 72.2 Å². The Morgan fingerprint density at radius 3 is 2.10 bits per heavy atom. The van der Waals surface area contributed by atoms with Crippen LogP contribution in [0.25, 0.3) is 0 Å². The van der Waals surface area contributed by atoms with Crippen LogP contribution in [0.1, 0.15) is 38.8 Å². The Morgan fingerprint density at radius 1 is 1.15 bits per heavy atom. The van der Waals surface area contributed by atoms with Gasteiger partial charge in [-0.1, -0.05) is 52.0 Å². The number of benzene rings is 1. The number of hydrogen-bond donors (Lipinski definition) is 2. The highest BCUT2D eigenvalue weighted by atomic mass is 32.2. The third kappa shape index (κ3) is 5.23. The van der Waals surface area contributed by atoms with Crippen molar-refractivity contribution in [3.8, 4) is 0 Å². The number of sulfonamides is 1. The van der Waals surface area contributed by atoms with E-state index in [-0.39, 0.29) is 11.2 Å². The van der Waals surface area contributed by atoms with Crippen molar-refractivity contribution in [2.45, 2.75) is 40.0 Å². The average molecular weight is 298 g/mol. The molecule has 5 heteroatoms. The van der Waals surface area contributed by atoms with Gasteiger partial charge in [-0.25, -0.2) is 13.1 Å². The van der Waals surface area contributed by atoms with Crippen LogP contribution in [0.15, 0.2) is 24.3 Å². The molecular formula is C15H26N2O2S. The van der Waals surface area contributed by atoms with Crippen LogP contribution >= 0.6 is 0 Å². The lowest BCUT2D eigenvalue weighted by Gasteiger charge is -2.29. The van der Waals surface area contributed by atoms with Crippen LogP contribution in [0.5, 0.6) is 0 Å². The average Bonchev–Trinajstić information content (AvgIpc) is 2.37. The predicted molar refractivity (Wildman–Crippen MR) is 83.6 cm³/mol. The van der Waals surface area contributed by atoms with E-state index in [4.69, 9.17) is 5.73 Å². The van der Waals surface area contributed by atoms with Crippen molar-refractivity contribution >= 4 is 10.0 Å². The van der Waals surface area contributed by atoms with E-state index in [1.807, 2.05) is 24.3 Å². The monoisotopic (exact) mass is 298 g/mol. The summed E-state index contributed by atoms with van der Waals surface area (Å²) in [5.41, 5.74) is 7.24. The van der Waals surface area contributed by atoms with Crippen LogP contribution in [0.4, 0.5) is 0 Å². The smallest absolute Gasteiger partial charge is 0.215 e. The predicted octanol–water partition coefficient (Wildman–Crippen LogP) is 2.25. The molecule has 1 aromatic rings. The van der Waals surface area contributed by atoms with Gasteiger partial charge < -0.3 is 5.73 Å². The van der Waals surface area contributed by atoms with E-state index >= 15 is 0 Å². The molecule has 1 aromatic carbocycles. The van der Waals surface area contributed by atoms with E-state index in [1.165, 1.54) is 0 Å². The SMILES string of the molecule is CC(C)C(C)(C)CNS(=O)(=O)Cc1ccc(CN)cc1. The van der Waals surface area contributed by atoms with Gasteiger partial charge in [0.15, 0.2) is 0 Å². The zero-order valence-corrected chi connectivity index (χ0v) is 13.6. The summed E-state index contributed by atoms with van der Waals surface area (Å²) in [4.78, 5) is 0. The first-order valence-electron chi connectivity index (χ1n) is 6.91. The van der Waals surface area contributed by atoms with E-state index in [2.05, 4.69) is 32.4 Å². The van der Waals surface area contributed by atoms with Crippen LogP contribution in [0.2, 0.25) is 0 Å². The number of nitrogens with one attached hydrogen (secondary N) is 1. The third-order valence-corrected chi connectivity index (χ3v) is 5.22. The van der Waals surface area contributed by atoms with E-state index in [0.717, 1.165) is 11.1 Å². The maximum atomic E-state index is 12.1. The first-order valence-corrected chi connectivity index (χ1v) is 8.57. The molecular weight excluding hydrogens is 272 g/mol. The molecule has 0 heterocycles. The molecule has 0 amide bonds. The van der Waals surface area contributed by atoms with Gasteiger partial charge in [-0.3, -0.25) is 0 Å². The third-order valence-electron chi connectivity index (χ3n) is 3.93. The van der Waals surface area contributed by atoms with Crippen molar-refractivity contribution < 1.29 is 8.42 Å². The van der Waals surface area contributed by atoms with Gasteiger partial charge in [0.1, 0.15) is 0 Å². The summed E-state index contributed by atoms with van der Waals surface area (Å²) in [7, 11) is -3.30. The highest BCUT2D eigenvalue weighted by Gasteiger charge is 2.24. The standard InChI is InChI=1S/C15H26N2O2S/c1-12(2)15(3,4)11-17-20(18,19)10-14-7-5-13(9-16)6-8-14/h5-8,12,17H,9-11,16H2,1-4H3. The van der Waals surface area contributed by atoms with Crippen molar-refractivity contribution in [2.24, 2.45) is 17.1 Å². The maximum Gasteiger partial charge on any atom is 0.215 e. The Morgan fingerprint density at radius 2 is 1.65 bits per heavy atom. The lowest BCUT2D eigenvalue weighted by Crippen LogP contribution is -2.37. The fourth-order valence-electron chi connectivity index (χ4n) is 1.54. The Hall–Kier alpha value is -0.910. The zero-order chi connectivity index (χ0) is 15.4. The maximum absolute atomic E-state index is 12.1. The van der Waals surface area contributed by atoms with Gasteiger partial charge in [0, 0.05) is 13.1 Å². The summed E-state index contributed by atoms with van der Waals surface area (Å²) in [6.07, 6.45) is 0. The second kappa shape index (κ2) is 6.70. The van der Waals surface area contributed by atoms with Crippen LogP contribution in [0, 0.1) is 11.3 Å². The summed E-state index contributed by atoms with van der Waals surface area (Å²) < 4.78 is 26.9. The molecule has 0 radical (unpaired) electrons. The Bertz CT molecular complexity index is 519. The van der Waals surface area contributed by atoms with Gasteiger partial charge >= 0.3 is 0 Å². The van der Waals surface area contributed by atoms with Gasteiger partial charge in [0.2, 0.25) is 10.0 Å². The van der Waals surface area contributed by atoms with Crippen LogP contribution in [-0.2, 0) is 22.3 Å². The molecule has 0 aromatic heterocycles. The van der Waals surface area contributed by atoms with Gasteiger partial charge in [0.05, 0.1) is 5.75 Å². The van der Waals surface area contributed by atoms with Crippen molar-refractivity contribution in [3.63, 3.8) is 0 Å². The second-order valence-electron chi connectivity index (χ2n) is 6.24. The summed E-state index contributed by atoms with van der Waals surface area (Å²) >= 11 is 0. The molecule has 0 aliphatic carbocycles. The molecule has 0 unspecified atom stereocenters. The molecule has 114 valence electrons. The number of nitrogens with two attached hydrogens (primary N) is 1. The number of rotatable bonds is 7. The minimum atomic E-state index is -3.30. The van der Waals surface area contributed by atoms with Crippen molar-refractivity contribution in [1.82, 2.24) is 4.72 Å². The fraction of sp³-hybridized carbons (Fsp3) is 0.600. The molecule has 0 bridgehead atoms. The Labute approximate surface area is 122 Å². The molecule has 0 fully saturated rings. The molecule has 0 spiro atoms. The second-order valence-corrected chi connectivity index (χ2v) is 8.05. The van der Waals surface area contributed by atoms with Gasteiger partial charge in [-0.2, -0.15) is 0 Å². The Kier molecular flexibility index (Phi) is 5.74. The van der Waals surface area contributed by atoms with Gasteiger partial charge in [-0.15, -0.1) is 0 Å². The minimum Gasteiger partial charge on any atom is -0.326 e. The highest BCUT2D eigenvalue weighted by molar-refractivity contribution is 7.88. The first-order chi connectivity index (χ1) is 9.16. The normalized spacial score (nSPS) is 12.9. The van der Waals surface area contributed by atoms with Gasteiger partial charge in [0.25, 0.3) is 0 Å². The van der Waals surface area contributed by atoms with Crippen molar-refractivity contribution in [2.75, 3.05) is 6.54 Å². The van der Waals surface area contributed by atoms with E-state index < -0.39 is 10.0 Å². The molecule has 0 atom stereocenters. The van der Waals surface area contributed by atoms with Gasteiger partial charge in [-0.05, 0) is 22.5 Å². The highest BCUT2D eigenvalue weighted by Crippen LogP contribution is 2.25. The van der Waals surface area contributed by atoms with E-state index in [0.29, 0.717) is 19.0 Å². The fourth-order valence-corrected chi connectivity index (χ4v) is 2.87. The first kappa shape index (κ1) is 17.1. The van der Waals surface area contributed by atoms with E-state index in [9.17, 15) is 8.42 Å². The summed E-state index contributed by atoms with van der Waals surface area (Å²) in [6, 6.07) is 7.36. The largest absolute Gasteiger partial charge is 0.326 e. The molecule has 0 saturated carbocycles. The molecule has 0 saturated heterocycles. The Balaban J connectivity index is 2.65. The van der Waals surface area contributed by atoms with Crippen molar-refractivity contribution in [3.05, 3.63) is 35.4 Å². The quantitative estimate of drug-likeness (QED) is 0.811. The van der Waals surface area contributed by atoms with Crippen LogP contribution in [0.3, 0.4) is 0 Å². The molecule has 20 heavy (non-hydrogen) atoms. The van der Waals surface area contributed by atoms with Crippen LogP contribution in [-0.4, -0.2) is 15.0 Å².